The lowest BCUT2D eigenvalue weighted by atomic mass is 10.1. The van der Waals surface area contributed by atoms with Crippen molar-refractivity contribution in [3.63, 3.8) is 0 Å². The highest BCUT2D eigenvalue weighted by Crippen LogP contribution is 2.25. The Kier molecular flexibility index (Phi) is 6.96. The number of methoxy groups -OCH3 is 1. The van der Waals surface area contributed by atoms with Gasteiger partial charge in [0.1, 0.15) is 10.6 Å². The molecule has 30 heavy (non-hydrogen) atoms. The van der Waals surface area contributed by atoms with Crippen molar-refractivity contribution < 1.29 is 17.9 Å². The van der Waals surface area contributed by atoms with E-state index in [1.165, 1.54) is 24.3 Å². The molecule has 0 saturated carbocycles. The van der Waals surface area contributed by atoms with E-state index in [9.17, 15) is 13.2 Å². The average molecular weight is 466 g/mol. The topological polar surface area (TPSA) is 97.4 Å². The van der Waals surface area contributed by atoms with Gasteiger partial charge in [0.15, 0.2) is 5.13 Å². The van der Waals surface area contributed by atoms with Gasteiger partial charge >= 0.3 is 0 Å². The molecule has 158 valence electrons. The number of thiazole rings is 1. The van der Waals surface area contributed by atoms with Gasteiger partial charge < -0.3 is 10.1 Å². The van der Waals surface area contributed by atoms with E-state index in [4.69, 9.17) is 16.3 Å². The van der Waals surface area contributed by atoms with Crippen molar-refractivity contribution in [2.45, 2.75) is 18.2 Å². The number of nitrogens with zero attached hydrogens (tertiary/aromatic N) is 1. The van der Waals surface area contributed by atoms with E-state index in [0.717, 1.165) is 22.6 Å². The minimum Gasteiger partial charge on any atom is -0.496 e. The van der Waals surface area contributed by atoms with Gasteiger partial charge in [-0.05, 0) is 49.2 Å². The third-order valence-electron chi connectivity index (χ3n) is 4.22. The third kappa shape index (κ3) is 5.29. The predicted molar refractivity (Wildman–Crippen MR) is 118 cm³/mol. The summed E-state index contributed by atoms with van der Waals surface area (Å²) in [6.45, 7) is 2.06. The van der Waals surface area contributed by atoms with Crippen LogP contribution in [0, 0.1) is 6.92 Å². The first-order chi connectivity index (χ1) is 14.3. The zero-order valence-electron chi connectivity index (χ0n) is 16.3. The fraction of sp³-hybridized carbons (Fsp3) is 0.200. The molecule has 1 amide bonds. The highest BCUT2D eigenvalue weighted by atomic mass is 35.5. The Morgan fingerprint density at radius 3 is 2.57 bits per heavy atom. The van der Waals surface area contributed by atoms with Crippen LogP contribution in [0.4, 0.5) is 5.13 Å². The first-order valence-electron chi connectivity index (χ1n) is 8.96. The van der Waals surface area contributed by atoms with E-state index in [1.54, 1.807) is 14.0 Å². The fourth-order valence-electron chi connectivity index (χ4n) is 2.74. The lowest BCUT2D eigenvalue weighted by molar-refractivity contribution is 0.0957. The van der Waals surface area contributed by atoms with E-state index < -0.39 is 10.0 Å². The second-order valence-corrected chi connectivity index (χ2v) is 9.43. The van der Waals surface area contributed by atoms with Crippen molar-refractivity contribution in [3.8, 4) is 5.75 Å². The fourth-order valence-corrected chi connectivity index (χ4v) is 4.98. The first-order valence-corrected chi connectivity index (χ1v) is 11.6. The number of anilines is 1. The molecule has 10 heteroatoms. The van der Waals surface area contributed by atoms with E-state index >= 15 is 0 Å². The Morgan fingerprint density at radius 1 is 1.17 bits per heavy atom. The highest BCUT2D eigenvalue weighted by molar-refractivity contribution is 7.93. The number of amides is 1. The van der Waals surface area contributed by atoms with Gasteiger partial charge in [-0.15, -0.1) is 0 Å². The van der Waals surface area contributed by atoms with Crippen molar-refractivity contribution in [2.24, 2.45) is 0 Å². The maximum Gasteiger partial charge on any atom is 0.263 e. The van der Waals surface area contributed by atoms with E-state index in [-0.39, 0.29) is 15.9 Å². The Morgan fingerprint density at radius 2 is 1.87 bits per heavy atom. The van der Waals surface area contributed by atoms with E-state index in [1.807, 2.05) is 24.3 Å². The van der Waals surface area contributed by atoms with Crippen molar-refractivity contribution in [3.05, 3.63) is 69.7 Å². The number of halogens is 1. The summed E-state index contributed by atoms with van der Waals surface area (Å²) in [5, 5.41) is 3.40. The monoisotopic (exact) mass is 465 g/mol. The minimum atomic E-state index is -3.83. The largest absolute Gasteiger partial charge is 0.496 e. The van der Waals surface area contributed by atoms with Gasteiger partial charge in [0.25, 0.3) is 15.9 Å². The number of hydrogen-bond donors (Lipinski definition) is 2. The number of aromatic nitrogens is 1. The van der Waals surface area contributed by atoms with Crippen LogP contribution in [-0.4, -0.2) is 33.0 Å². The number of rotatable bonds is 8. The van der Waals surface area contributed by atoms with Crippen molar-refractivity contribution in [1.29, 1.82) is 0 Å². The molecule has 0 atom stereocenters. The molecule has 2 N–H and O–H groups in total. The van der Waals surface area contributed by atoms with Crippen LogP contribution in [0.1, 0.15) is 20.9 Å². The summed E-state index contributed by atoms with van der Waals surface area (Å²) in [4.78, 5) is 17.1. The number of hydrogen-bond acceptors (Lipinski definition) is 6. The van der Waals surface area contributed by atoms with Gasteiger partial charge in [-0.3, -0.25) is 9.52 Å². The molecular weight excluding hydrogens is 446 g/mol. The van der Waals surface area contributed by atoms with Gasteiger partial charge in [0.2, 0.25) is 0 Å². The SMILES string of the molecule is COc1ccccc1CCNC(=O)c1sc(NS(=O)(=O)c2ccc(Cl)cc2)nc1C. The van der Waals surface area contributed by atoms with Gasteiger partial charge in [0.05, 0.1) is 17.7 Å². The predicted octanol–water partition coefficient (Wildman–Crippen LogP) is 3.89. The zero-order valence-corrected chi connectivity index (χ0v) is 18.7. The normalized spacial score (nSPS) is 11.2. The summed E-state index contributed by atoms with van der Waals surface area (Å²) in [6, 6.07) is 13.4. The number of ether oxygens (including phenoxy) is 1. The van der Waals surface area contributed by atoms with Crippen LogP contribution in [0.3, 0.4) is 0 Å². The van der Waals surface area contributed by atoms with Gasteiger partial charge in [0, 0.05) is 11.6 Å². The molecule has 0 aliphatic heterocycles. The second kappa shape index (κ2) is 9.46. The van der Waals surface area contributed by atoms with Crippen LogP contribution in [0.2, 0.25) is 5.02 Å². The second-order valence-electron chi connectivity index (χ2n) is 6.31. The van der Waals surface area contributed by atoms with Crippen LogP contribution in [0.15, 0.2) is 53.4 Å². The molecule has 0 spiro atoms. The molecule has 0 bridgehead atoms. The Hall–Kier alpha value is -2.62. The molecule has 1 heterocycles. The summed E-state index contributed by atoms with van der Waals surface area (Å²) in [5.74, 6) is 0.455. The molecule has 7 nitrogen and oxygen atoms in total. The van der Waals surface area contributed by atoms with E-state index in [0.29, 0.717) is 28.6 Å². The molecule has 2 aromatic carbocycles. The molecule has 3 rings (SSSR count). The molecule has 1 aromatic heterocycles. The highest BCUT2D eigenvalue weighted by Gasteiger charge is 2.20. The molecule has 0 saturated heterocycles. The number of nitrogens with one attached hydrogen (secondary N) is 2. The quantitative estimate of drug-likeness (QED) is 0.526. The molecule has 0 fully saturated rings. The van der Waals surface area contributed by atoms with Crippen molar-refractivity contribution in [2.75, 3.05) is 18.4 Å². The summed E-state index contributed by atoms with van der Waals surface area (Å²) in [6.07, 6.45) is 0.601. The number of aryl methyl sites for hydroxylation is 1. The minimum absolute atomic E-state index is 0.0579. The summed E-state index contributed by atoms with van der Waals surface area (Å²) < 4.78 is 32.7. The maximum atomic E-state index is 12.5. The first kappa shape index (κ1) is 22.1. The van der Waals surface area contributed by atoms with Crippen molar-refractivity contribution in [1.82, 2.24) is 10.3 Å². The molecule has 0 aliphatic rings. The summed E-state index contributed by atoms with van der Waals surface area (Å²) in [5.41, 5.74) is 1.43. The number of benzene rings is 2. The maximum absolute atomic E-state index is 12.5. The number of sulfonamides is 1. The molecule has 0 aliphatic carbocycles. The van der Waals surface area contributed by atoms with Crippen LogP contribution in [0.25, 0.3) is 0 Å². The lowest BCUT2D eigenvalue weighted by Crippen LogP contribution is -2.25. The third-order valence-corrected chi connectivity index (χ3v) is 7.03. The Balaban J connectivity index is 1.65. The number of para-hydroxylation sites is 1. The van der Waals surface area contributed by atoms with Gasteiger partial charge in [-0.25, -0.2) is 13.4 Å². The Labute approximate surface area is 184 Å². The molecule has 0 unspecified atom stereocenters. The smallest absolute Gasteiger partial charge is 0.263 e. The molecule has 0 radical (unpaired) electrons. The zero-order chi connectivity index (χ0) is 21.7. The number of carbonyl (C=O) groups excluding carboxylic acids is 1. The van der Waals surface area contributed by atoms with Crippen LogP contribution < -0.4 is 14.8 Å². The average Bonchev–Trinajstić information content (AvgIpc) is 3.08. The Bertz CT molecular complexity index is 1150. The summed E-state index contributed by atoms with van der Waals surface area (Å²) in [7, 11) is -2.22. The van der Waals surface area contributed by atoms with Crippen LogP contribution in [-0.2, 0) is 16.4 Å². The molecular formula is C20H20ClN3O4S2. The lowest BCUT2D eigenvalue weighted by Gasteiger charge is -2.08. The number of carbonyl (C=O) groups is 1. The van der Waals surface area contributed by atoms with Crippen molar-refractivity contribution >= 4 is 44.0 Å². The van der Waals surface area contributed by atoms with E-state index in [2.05, 4.69) is 15.0 Å². The standard InChI is InChI=1S/C20H20ClN3O4S2/c1-13-18(19(25)22-12-11-14-5-3-4-6-17(14)28-2)29-20(23-13)24-30(26,27)16-9-7-15(21)8-10-16/h3-10H,11-12H2,1-2H3,(H,22,25)(H,23,24). The molecule has 3 aromatic rings. The summed E-state index contributed by atoms with van der Waals surface area (Å²) >= 11 is 6.78. The van der Waals surface area contributed by atoms with Crippen LogP contribution >= 0.6 is 22.9 Å². The van der Waals surface area contributed by atoms with Gasteiger partial charge in [-0.1, -0.05) is 41.1 Å². The van der Waals surface area contributed by atoms with Gasteiger partial charge in [-0.2, -0.15) is 0 Å². The van der Waals surface area contributed by atoms with Crippen LogP contribution in [0.5, 0.6) is 5.75 Å².